The van der Waals surface area contributed by atoms with Crippen molar-refractivity contribution in [2.24, 2.45) is 0 Å². The van der Waals surface area contributed by atoms with Crippen LogP contribution in [0.1, 0.15) is 47.7 Å². The summed E-state index contributed by atoms with van der Waals surface area (Å²) in [6, 6.07) is 8.72. The van der Waals surface area contributed by atoms with Gasteiger partial charge in [-0.2, -0.15) is 13.2 Å². The molecule has 3 aromatic rings. The average molecular weight is 533 g/mol. The number of carbonyl (C=O) groups is 2. The predicted molar refractivity (Wildman–Crippen MR) is 129 cm³/mol. The molecule has 0 atom stereocenters. The molecule has 4 rings (SSSR count). The van der Waals surface area contributed by atoms with Crippen LogP contribution in [0.2, 0.25) is 0 Å². The first kappa shape index (κ1) is 26.8. The summed E-state index contributed by atoms with van der Waals surface area (Å²) in [7, 11) is 0. The minimum atomic E-state index is -5.09. The van der Waals surface area contributed by atoms with E-state index in [9.17, 15) is 36.7 Å². The van der Waals surface area contributed by atoms with E-state index >= 15 is 0 Å². The Morgan fingerprint density at radius 3 is 2.32 bits per heavy atom. The molecular formula is C26H23F4N3O5. The normalized spacial score (nSPS) is 14.0. The maximum Gasteiger partial charge on any atom is 0.419 e. The van der Waals surface area contributed by atoms with E-state index in [0.29, 0.717) is 29.3 Å². The first-order valence-electron chi connectivity index (χ1n) is 11.8. The molecule has 0 N–H and O–H groups in total. The lowest BCUT2D eigenvalue weighted by Crippen LogP contribution is -2.42. The number of hydrogen-bond acceptors (Lipinski definition) is 5. The highest BCUT2D eigenvalue weighted by molar-refractivity contribution is 5.94. The number of hydrogen-bond donors (Lipinski definition) is 0. The summed E-state index contributed by atoms with van der Waals surface area (Å²) >= 11 is 0. The Balaban J connectivity index is 1.85. The number of alkyl halides is 3. The number of anilines is 1. The molecule has 0 aliphatic carbocycles. The van der Waals surface area contributed by atoms with Gasteiger partial charge < -0.3 is 9.64 Å². The number of esters is 1. The van der Waals surface area contributed by atoms with Gasteiger partial charge in [0.2, 0.25) is 5.91 Å². The van der Waals surface area contributed by atoms with Crippen molar-refractivity contribution in [2.45, 2.75) is 38.9 Å². The summed E-state index contributed by atoms with van der Waals surface area (Å²) in [6.45, 7) is 0.983. The summed E-state index contributed by atoms with van der Waals surface area (Å²) in [5.41, 5.74) is -4.34. The van der Waals surface area contributed by atoms with Crippen LogP contribution in [0.4, 0.5) is 23.2 Å². The summed E-state index contributed by atoms with van der Waals surface area (Å²) < 4.78 is 61.1. The Morgan fingerprint density at radius 2 is 1.68 bits per heavy atom. The van der Waals surface area contributed by atoms with Crippen molar-refractivity contribution in [2.75, 3.05) is 18.1 Å². The van der Waals surface area contributed by atoms with Gasteiger partial charge in [-0.3, -0.25) is 18.7 Å². The third-order valence-electron chi connectivity index (χ3n) is 6.14. The average Bonchev–Trinajstić information content (AvgIpc) is 2.86. The minimum absolute atomic E-state index is 0.0464. The summed E-state index contributed by atoms with van der Waals surface area (Å²) in [5.74, 6) is -2.69. The van der Waals surface area contributed by atoms with Crippen LogP contribution in [0.15, 0.2) is 58.3 Å². The van der Waals surface area contributed by atoms with E-state index in [1.54, 1.807) is 17.0 Å². The molecule has 1 amide bonds. The van der Waals surface area contributed by atoms with E-state index in [-0.39, 0.29) is 18.2 Å². The lowest BCUT2D eigenvalue weighted by molar-refractivity contribution is -0.140. The first-order valence-corrected chi connectivity index (χ1v) is 11.8. The molecule has 0 bridgehead atoms. The van der Waals surface area contributed by atoms with E-state index in [2.05, 4.69) is 0 Å². The number of rotatable bonds is 6. The van der Waals surface area contributed by atoms with Gasteiger partial charge in [-0.1, -0.05) is 12.1 Å². The van der Waals surface area contributed by atoms with Gasteiger partial charge in [-0.25, -0.2) is 14.0 Å². The number of nitrogens with zero attached hydrogens (tertiary/aromatic N) is 3. The Labute approximate surface area is 213 Å². The number of halogens is 4. The zero-order valence-corrected chi connectivity index (χ0v) is 20.3. The second-order valence-electron chi connectivity index (χ2n) is 8.60. The van der Waals surface area contributed by atoms with Crippen LogP contribution < -0.4 is 16.1 Å². The predicted octanol–water partition coefficient (Wildman–Crippen LogP) is 3.90. The van der Waals surface area contributed by atoms with Crippen molar-refractivity contribution < 1.29 is 31.9 Å². The van der Waals surface area contributed by atoms with E-state index in [1.807, 2.05) is 0 Å². The first-order chi connectivity index (χ1) is 18.0. The van der Waals surface area contributed by atoms with E-state index in [0.717, 1.165) is 35.7 Å². The molecule has 12 heteroatoms. The van der Waals surface area contributed by atoms with Crippen LogP contribution in [0, 0.1) is 5.82 Å². The van der Waals surface area contributed by atoms with Gasteiger partial charge in [-0.05, 0) is 55.7 Å². The number of benzene rings is 2. The van der Waals surface area contributed by atoms with Crippen molar-refractivity contribution in [1.82, 2.24) is 9.13 Å². The second kappa shape index (κ2) is 10.6. The number of piperidine rings is 1. The van der Waals surface area contributed by atoms with Gasteiger partial charge in [0.25, 0.3) is 5.56 Å². The van der Waals surface area contributed by atoms with Crippen LogP contribution in [0.25, 0.3) is 5.69 Å². The van der Waals surface area contributed by atoms with Crippen molar-refractivity contribution >= 4 is 17.6 Å². The van der Waals surface area contributed by atoms with Gasteiger partial charge in [0, 0.05) is 24.8 Å². The zero-order valence-electron chi connectivity index (χ0n) is 20.3. The maximum absolute atomic E-state index is 14.1. The second-order valence-corrected chi connectivity index (χ2v) is 8.60. The van der Waals surface area contributed by atoms with Gasteiger partial charge in [0.1, 0.15) is 11.4 Å². The van der Waals surface area contributed by atoms with E-state index < -0.39 is 52.4 Å². The third kappa shape index (κ3) is 5.24. The molecule has 1 fully saturated rings. The van der Waals surface area contributed by atoms with Gasteiger partial charge in [-0.15, -0.1) is 0 Å². The Kier molecular flexibility index (Phi) is 7.51. The molecule has 1 aliphatic heterocycles. The smallest absolute Gasteiger partial charge is 0.419 e. The lowest BCUT2D eigenvalue weighted by atomic mass is 10.1. The summed E-state index contributed by atoms with van der Waals surface area (Å²) in [5, 5.41) is 0. The minimum Gasteiger partial charge on any atom is -0.462 e. The molecule has 1 saturated heterocycles. The van der Waals surface area contributed by atoms with Crippen molar-refractivity contribution in [3.05, 3.63) is 92.0 Å². The molecule has 0 unspecified atom stereocenters. The van der Waals surface area contributed by atoms with Gasteiger partial charge in [0.05, 0.1) is 24.4 Å². The number of ether oxygens (including phenoxy) is 1. The third-order valence-corrected chi connectivity index (χ3v) is 6.14. The fraction of sp³-hybridized carbons (Fsp3) is 0.308. The van der Waals surface area contributed by atoms with Crippen LogP contribution in [-0.2, 0) is 22.3 Å². The van der Waals surface area contributed by atoms with Crippen LogP contribution in [0.5, 0.6) is 0 Å². The topological polar surface area (TPSA) is 90.6 Å². The molecule has 1 aliphatic rings. The van der Waals surface area contributed by atoms with E-state index in [1.165, 1.54) is 19.1 Å². The molecule has 38 heavy (non-hydrogen) atoms. The molecule has 0 radical (unpaired) electrons. The number of carbonyl (C=O) groups excluding carboxylic acids is 2. The zero-order chi connectivity index (χ0) is 27.6. The molecular weight excluding hydrogens is 510 g/mol. The highest BCUT2D eigenvalue weighted by Gasteiger charge is 2.37. The molecule has 8 nitrogen and oxygen atoms in total. The SMILES string of the molecule is CCOC(=O)c1cn(-c2ccc(N3CCCCC3=O)cc2)c(=O)n(Cc2cccc(F)c2C(F)(F)F)c1=O. The molecule has 200 valence electrons. The van der Waals surface area contributed by atoms with E-state index in [4.69, 9.17) is 4.74 Å². The number of aromatic nitrogens is 2. The molecule has 0 saturated carbocycles. The summed E-state index contributed by atoms with van der Waals surface area (Å²) in [4.78, 5) is 52.8. The van der Waals surface area contributed by atoms with Crippen molar-refractivity contribution in [1.29, 1.82) is 0 Å². The van der Waals surface area contributed by atoms with Gasteiger partial charge >= 0.3 is 17.8 Å². The van der Waals surface area contributed by atoms with Crippen molar-refractivity contribution in [3.63, 3.8) is 0 Å². The molecule has 2 heterocycles. The lowest BCUT2D eigenvalue weighted by Gasteiger charge is -2.27. The fourth-order valence-electron chi connectivity index (χ4n) is 4.34. The highest BCUT2D eigenvalue weighted by atomic mass is 19.4. The van der Waals surface area contributed by atoms with Crippen LogP contribution in [0.3, 0.4) is 0 Å². The monoisotopic (exact) mass is 533 g/mol. The molecule has 2 aromatic carbocycles. The standard InChI is InChI=1S/C26H23F4N3O5/c1-2-38-24(36)19-15-32(18-11-9-17(10-12-18)31-13-4-3-8-21(31)34)25(37)33(23(19)35)14-16-6-5-7-20(27)22(16)26(28,29)30/h5-7,9-12,15H,2-4,8,13-14H2,1H3. The highest BCUT2D eigenvalue weighted by Crippen LogP contribution is 2.34. The molecule has 1 aromatic heterocycles. The Bertz CT molecular complexity index is 1490. The summed E-state index contributed by atoms with van der Waals surface area (Å²) in [6.07, 6.45) is -2.10. The van der Waals surface area contributed by atoms with Crippen molar-refractivity contribution in [3.8, 4) is 5.69 Å². The van der Waals surface area contributed by atoms with Crippen LogP contribution in [-0.4, -0.2) is 34.2 Å². The Morgan fingerprint density at radius 1 is 1.00 bits per heavy atom. The largest absolute Gasteiger partial charge is 0.462 e. The van der Waals surface area contributed by atoms with Crippen LogP contribution >= 0.6 is 0 Å². The number of amides is 1. The molecule has 0 spiro atoms. The fourth-order valence-corrected chi connectivity index (χ4v) is 4.34. The maximum atomic E-state index is 14.1. The van der Waals surface area contributed by atoms with Gasteiger partial charge in [0.15, 0.2) is 0 Å². The quantitative estimate of drug-likeness (QED) is 0.354. The Hall–Kier alpha value is -4.22.